The van der Waals surface area contributed by atoms with Gasteiger partial charge in [0.25, 0.3) is 0 Å². The molecule has 1 amide bonds. The van der Waals surface area contributed by atoms with Gasteiger partial charge in [-0.05, 0) is 32.9 Å². The fourth-order valence-corrected chi connectivity index (χ4v) is 2.95. The van der Waals surface area contributed by atoms with Gasteiger partial charge in [0.2, 0.25) is 5.91 Å². The Kier molecular flexibility index (Phi) is 5.01. The zero-order chi connectivity index (χ0) is 14.7. The molecular formula is C13H22ClN5O. The van der Waals surface area contributed by atoms with Crippen molar-refractivity contribution in [1.82, 2.24) is 20.0 Å². The first kappa shape index (κ1) is 15.3. The van der Waals surface area contributed by atoms with Crippen molar-refractivity contribution in [3.8, 4) is 0 Å². The Labute approximate surface area is 124 Å². The number of hydrogen-bond acceptors (Lipinski definition) is 4. The quantitative estimate of drug-likeness (QED) is 0.826. The van der Waals surface area contributed by atoms with Crippen LogP contribution in [0.25, 0.3) is 0 Å². The fraction of sp³-hybridized carbons (Fsp3) is 0.692. The minimum atomic E-state index is -0.307. The summed E-state index contributed by atoms with van der Waals surface area (Å²) < 4.78 is 1.78. The van der Waals surface area contributed by atoms with Gasteiger partial charge < -0.3 is 11.1 Å². The number of nitrogens with one attached hydrogen (secondary N) is 1. The number of rotatable bonds is 5. The molecule has 3 N–H and O–H groups in total. The van der Waals surface area contributed by atoms with Crippen molar-refractivity contribution in [1.29, 1.82) is 0 Å². The summed E-state index contributed by atoms with van der Waals surface area (Å²) in [6, 6.07) is 0.357. The third-order valence-electron chi connectivity index (χ3n) is 3.80. The highest BCUT2D eigenvalue weighted by Gasteiger charge is 2.24. The molecule has 7 heteroatoms. The largest absolute Gasteiger partial charge is 0.369 e. The summed E-state index contributed by atoms with van der Waals surface area (Å²) in [4.78, 5) is 13.4. The summed E-state index contributed by atoms with van der Waals surface area (Å²) in [6.45, 7) is 4.68. The Balaban J connectivity index is 2.16. The lowest BCUT2D eigenvalue weighted by atomic mass is 10.0. The van der Waals surface area contributed by atoms with Crippen molar-refractivity contribution in [3.05, 3.63) is 16.4 Å². The Hall–Kier alpha value is -1.11. The molecule has 0 radical (unpaired) electrons. The van der Waals surface area contributed by atoms with Gasteiger partial charge in [0.05, 0.1) is 23.0 Å². The number of carbonyl (C=O) groups excluding carboxylic acids is 1. The molecule has 2 heterocycles. The predicted octanol–water partition coefficient (Wildman–Crippen LogP) is 0.421. The van der Waals surface area contributed by atoms with Crippen LogP contribution in [0, 0.1) is 6.92 Å². The molecular weight excluding hydrogens is 278 g/mol. The second-order valence-corrected chi connectivity index (χ2v) is 5.70. The van der Waals surface area contributed by atoms with Gasteiger partial charge in [-0.2, -0.15) is 5.10 Å². The number of aryl methyl sites for hydroxylation is 2. The van der Waals surface area contributed by atoms with Crippen LogP contribution in [0.2, 0.25) is 5.02 Å². The third kappa shape index (κ3) is 3.50. The van der Waals surface area contributed by atoms with E-state index in [-0.39, 0.29) is 12.5 Å². The number of hydrogen-bond donors (Lipinski definition) is 2. The van der Waals surface area contributed by atoms with Crippen LogP contribution in [-0.4, -0.2) is 46.3 Å². The molecule has 1 fully saturated rings. The SMILES string of the molecule is Cc1nn(C)c(CN(CC(N)=O)C2CCNCC2)c1Cl. The summed E-state index contributed by atoms with van der Waals surface area (Å²) in [5, 5.41) is 8.32. The summed E-state index contributed by atoms with van der Waals surface area (Å²) in [6.07, 6.45) is 2.03. The maximum atomic E-state index is 11.3. The summed E-state index contributed by atoms with van der Waals surface area (Å²) in [5.41, 5.74) is 7.13. The fourth-order valence-electron chi connectivity index (χ4n) is 2.73. The van der Waals surface area contributed by atoms with E-state index in [1.54, 1.807) is 4.68 Å². The number of nitrogens with two attached hydrogens (primary N) is 1. The smallest absolute Gasteiger partial charge is 0.231 e. The number of piperidine rings is 1. The lowest BCUT2D eigenvalue weighted by Gasteiger charge is -2.33. The molecule has 0 atom stereocenters. The van der Waals surface area contributed by atoms with Crippen molar-refractivity contribution in [2.45, 2.75) is 32.4 Å². The first-order chi connectivity index (χ1) is 9.49. The third-order valence-corrected chi connectivity index (χ3v) is 4.29. The zero-order valence-corrected chi connectivity index (χ0v) is 12.8. The summed E-state index contributed by atoms with van der Waals surface area (Å²) >= 11 is 6.30. The second-order valence-electron chi connectivity index (χ2n) is 5.32. The van der Waals surface area contributed by atoms with E-state index in [2.05, 4.69) is 15.3 Å². The number of nitrogens with zero attached hydrogens (tertiary/aromatic N) is 3. The Morgan fingerprint density at radius 1 is 1.55 bits per heavy atom. The molecule has 1 aliphatic heterocycles. The molecule has 1 aromatic rings. The highest BCUT2D eigenvalue weighted by atomic mass is 35.5. The van der Waals surface area contributed by atoms with Crippen molar-refractivity contribution >= 4 is 17.5 Å². The van der Waals surface area contributed by atoms with E-state index < -0.39 is 0 Å². The number of carbonyl (C=O) groups is 1. The summed E-state index contributed by atoms with van der Waals surface area (Å²) in [7, 11) is 1.87. The van der Waals surface area contributed by atoms with Crippen molar-refractivity contribution in [2.24, 2.45) is 12.8 Å². The Morgan fingerprint density at radius 3 is 2.70 bits per heavy atom. The Morgan fingerprint density at radius 2 is 2.20 bits per heavy atom. The molecule has 112 valence electrons. The van der Waals surface area contributed by atoms with Crippen LogP contribution in [0.5, 0.6) is 0 Å². The summed E-state index contributed by atoms with van der Waals surface area (Å²) in [5.74, 6) is -0.307. The van der Waals surface area contributed by atoms with Gasteiger partial charge in [-0.1, -0.05) is 11.6 Å². The number of halogens is 1. The van der Waals surface area contributed by atoms with E-state index in [4.69, 9.17) is 17.3 Å². The van der Waals surface area contributed by atoms with Crippen LogP contribution in [0.3, 0.4) is 0 Å². The maximum absolute atomic E-state index is 11.3. The molecule has 1 aliphatic rings. The number of aromatic nitrogens is 2. The van der Waals surface area contributed by atoms with Gasteiger partial charge in [0.1, 0.15) is 0 Å². The number of amides is 1. The van der Waals surface area contributed by atoms with Crippen LogP contribution in [0.1, 0.15) is 24.2 Å². The zero-order valence-electron chi connectivity index (χ0n) is 12.0. The van der Waals surface area contributed by atoms with Crippen molar-refractivity contribution < 1.29 is 4.79 Å². The molecule has 20 heavy (non-hydrogen) atoms. The predicted molar refractivity (Wildman–Crippen MR) is 78.5 cm³/mol. The average molecular weight is 300 g/mol. The molecule has 0 aromatic carbocycles. The van der Waals surface area contributed by atoms with Crippen molar-refractivity contribution in [2.75, 3.05) is 19.6 Å². The average Bonchev–Trinajstić information content (AvgIpc) is 2.65. The standard InChI is InChI=1S/C13H22ClN5O/c1-9-13(14)11(18(2)17-9)7-19(8-12(15)20)10-3-5-16-6-4-10/h10,16H,3-8H2,1-2H3,(H2,15,20). The van der Waals surface area contributed by atoms with Gasteiger partial charge in [0.15, 0.2) is 0 Å². The van der Waals surface area contributed by atoms with Gasteiger partial charge in [-0.3, -0.25) is 14.4 Å². The normalized spacial score (nSPS) is 16.8. The van der Waals surface area contributed by atoms with Crippen LogP contribution in [0.15, 0.2) is 0 Å². The minimum Gasteiger partial charge on any atom is -0.369 e. The highest BCUT2D eigenvalue weighted by Crippen LogP contribution is 2.23. The lowest BCUT2D eigenvalue weighted by Crippen LogP contribution is -2.46. The molecule has 1 saturated heterocycles. The molecule has 0 spiro atoms. The monoisotopic (exact) mass is 299 g/mol. The second kappa shape index (κ2) is 6.56. The molecule has 0 unspecified atom stereocenters. The van der Waals surface area contributed by atoms with Gasteiger partial charge in [0, 0.05) is 19.6 Å². The van der Waals surface area contributed by atoms with Crippen LogP contribution >= 0.6 is 11.6 Å². The minimum absolute atomic E-state index is 0.255. The van der Waals surface area contributed by atoms with Crippen molar-refractivity contribution in [3.63, 3.8) is 0 Å². The van der Waals surface area contributed by atoms with Gasteiger partial charge >= 0.3 is 0 Å². The van der Waals surface area contributed by atoms with E-state index in [0.717, 1.165) is 37.3 Å². The van der Waals surface area contributed by atoms with Crippen LogP contribution in [-0.2, 0) is 18.4 Å². The van der Waals surface area contributed by atoms with E-state index in [0.29, 0.717) is 17.6 Å². The molecule has 0 aliphatic carbocycles. The first-order valence-electron chi connectivity index (χ1n) is 6.90. The topological polar surface area (TPSA) is 76.2 Å². The molecule has 2 rings (SSSR count). The van der Waals surface area contributed by atoms with E-state index >= 15 is 0 Å². The van der Waals surface area contributed by atoms with Gasteiger partial charge in [-0.25, -0.2) is 0 Å². The van der Waals surface area contributed by atoms with Crippen LogP contribution < -0.4 is 11.1 Å². The maximum Gasteiger partial charge on any atom is 0.231 e. The molecule has 0 saturated carbocycles. The van der Waals surface area contributed by atoms with E-state index in [9.17, 15) is 4.79 Å². The molecule has 0 bridgehead atoms. The molecule has 1 aromatic heterocycles. The molecule has 6 nitrogen and oxygen atoms in total. The first-order valence-corrected chi connectivity index (χ1v) is 7.28. The lowest BCUT2D eigenvalue weighted by molar-refractivity contribution is -0.120. The van der Waals surface area contributed by atoms with E-state index in [1.165, 1.54) is 0 Å². The number of primary amides is 1. The van der Waals surface area contributed by atoms with Crippen LogP contribution in [0.4, 0.5) is 0 Å². The van der Waals surface area contributed by atoms with Gasteiger partial charge in [-0.15, -0.1) is 0 Å². The highest BCUT2D eigenvalue weighted by molar-refractivity contribution is 6.31. The Bertz CT molecular complexity index is 481. The van der Waals surface area contributed by atoms with E-state index in [1.807, 2.05) is 14.0 Å².